The summed E-state index contributed by atoms with van der Waals surface area (Å²) in [6.45, 7) is 1.36. The van der Waals surface area contributed by atoms with Crippen molar-refractivity contribution in [2.45, 2.75) is 44.2 Å². The van der Waals surface area contributed by atoms with Gasteiger partial charge in [-0.1, -0.05) is 24.3 Å². The van der Waals surface area contributed by atoms with E-state index in [9.17, 15) is 14.7 Å². The predicted octanol–water partition coefficient (Wildman–Crippen LogP) is 1.06. The Morgan fingerprint density at radius 1 is 1.35 bits per heavy atom. The Kier molecular flexibility index (Phi) is 4.39. The molecule has 0 saturated heterocycles. The molecule has 0 saturated carbocycles. The lowest BCUT2D eigenvalue weighted by molar-refractivity contribution is -0.145. The van der Waals surface area contributed by atoms with Gasteiger partial charge in [-0.15, -0.1) is 0 Å². The molecule has 2 rings (SSSR count). The third-order valence-electron chi connectivity index (χ3n) is 3.73. The highest BCUT2D eigenvalue weighted by atomic mass is 16.4. The Morgan fingerprint density at radius 3 is 2.70 bits per heavy atom. The molecule has 1 aliphatic rings. The molecule has 108 valence electrons. The van der Waals surface area contributed by atoms with Gasteiger partial charge in [0.2, 0.25) is 5.91 Å². The SMILES string of the molecule is C[C@@H](O)[C@H](NC(=O)C1CCCc2ccccc21)C(=O)O. The fourth-order valence-corrected chi connectivity index (χ4v) is 2.67. The van der Waals surface area contributed by atoms with Crippen LogP contribution in [0.2, 0.25) is 0 Å². The summed E-state index contributed by atoms with van der Waals surface area (Å²) in [6, 6.07) is 6.47. The second kappa shape index (κ2) is 6.05. The second-order valence-electron chi connectivity index (χ2n) is 5.21. The lowest BCUT2D eigenvalue weighted by Crippen LogP contribution is -2.49. The van der Waals surface area contributed by atoms with Gasteiger partial charge in [-0.3, -0.25) is 4.79 Å². The van der Waals surface area contributed by atoms with E-state index in [1.54, 1.807) is 0 Å². The van der Waals surface area contributed by atoms with Gasteiger partial charge in [0.1, 0.15) is 0 Å². The number of carbonyl (C=O) groups is 2. The molecule has 1 aromatic rings. The van der Waals surface area contributed by atoms with Crippen LogP contribution in [0.5, 0.6) is 0 Å². The number of aliphatic hydroxyl groups is 1. The molecule has 0 heterocycles. The molecule has 1 aliphatic carbocycles. The first-order valence-electron chi connectivity index (χ1n) is 6.79. The fourth-order valence-electron chi connectivity index (χ4n) is 2.67. The molecule has 3 atom stereocenters. The van der Waals surface area contributed by atoms with E-state index < -0.39 is 18.1 Å². The number of benzene rings is 1. The first-order valence-corrected chi connectivity index (χ1v) is 6.79. The molecular weight excluding hydrogens is 258 g/mol. The molecule has 0 radical (unpaired) electrons. The molecule has 0 bridgehead atoms. The van der Waals surface area contributed by atoms with Gasteiger partial charge < -0.3 is 15.5 Å². The summed E-state index contributed by atoms with van der Waals surface area (Å²) in [7, 11) is 0. The molecule has 1 amide bonds. The molecule has 5 nitrogen and oxygen atoms in total. The maximum atomic E-state index is 12.3. The Hall–Kier alpha value is -1.88. The number of hydrogen-bond donors (Lipinski definition) is 3. The number of amides is 1. The van der Waals surface area contributed by atoms with Crippen molar-refractivity contribution in [2.24, 2.45) is 0 Å². The van der Waals surface area contributed by atoms with Crippen LogP contribution in [0.1, 0.15) is 36.8 Å². The topological polar surface area (TPSA) is 86.6 Å². The van der Waals surface area contributed by atoms with Gasteiger partial charge in [0.15, 0.2) is 6.04 Å². The smallest absolute Gasteiger partial charge is 0.328 e. The van der Waals surface area contributed by atoms with Crippen LogP contribution in [0.25, 0.3) is 0 Å². The minimum absolute atomic E-state index is 0.328. The Balaban J connectivity index is 2.16. The average Bonchev–Trinajstić information content (AvgIpc) is 2.43. The Morgan fingerprint density at radius 2 is 2.05 bits per heavy atom. The minimum Gasteiger partial charge on any atom is -0.480 e. The third-order valence-corrected chi connectivity index (χ3v) is 3.73. The zero-order valence-corrected chi connectivity index (χ0v) is 11.4. The fraction of sp³-hybridized carbons (Fsp3) is 0.467. The molecule has 0 fully saturated rings. The molecule has 1 unspecified atom stereocenters. The van der Waals surface area contributed by atoms with E-state index in [4.69, 9.17) is 5.11 Å². The van der Waals surface area contributed by atoms with E-state index in [2.05, 4.69) is 5.32 Å². The standard InChI is InChI=1S/C15H19NO4/c1-9(17)13(15(19)20)16-14(18)12-8-4-6-10-5-2-3-7-11(10)12/h2-3,5,7,9,12-13,17H,4,6,8H2,1H3,(H,16,18)(H,19,20)/t9-,12?,13+/m1/s1. The Bertz CT molecular complexity index is 512. The highest BCUT2D eigenvalue weighted by Gasteiger charge is 2.31. The monoisotopic (exact) mass is 277 g/mol. The van der Waals surface area contributed by atoms with Crippen LogP contribution >= 0.6 is 0 Å². The summed E-state index contributed by atoms with van der Waals surface area (Å²) >= 11 is 0. The molecule has 20 heavy (non-hydrogen) atoms. The van der Waals surface area contributed by atoms with Crippen molar-refractivity contribution in [3.8, 4) is 0 Å². The van der Waals surface area contributed by atoms with Crippen molar-refractivity contribution < 1.29 is 19.8 Å². The number of aliphatic carboxylic acids is 1. The van der Waals surface area contributed by atoms with E-state index in [0.29, 0.717) is 6.42 Å². The van der Waals surface area contributed by atoms with E-state index in [1.165, 1.54) is 6.92 Å². The van der Waals surface area contributed by atoms with E-state index in [-0.39, 0.29) is 11.8 Å². The van der Waals surface area contributed by atoms with Gasteiger partial charge in [0.25, 0.3) is 0 Å². The highest BCUT2D eigenvalue weighted by Crippen LogP contribution is 2.31. The number of carboxylic acids is 1. The van der Waals surface area contributed by atoms with Crippen molar-refractivity contribution in [1.82, 2.24) is 5.32 Å². The number of nitrogens with one attached hydrogen (secondary N) is 1. The second-order valence-corrected chi connectivity index (χ2v) is 5.21. The maximum absolute atomic E-state index is 12.3. The summed E-state index contributed by atoms with van der Waals surface area (Å²) in [5.41, 5.74) is 2.11. The third kappa shape index (κ3) is 2.99. The molecule has 1 aromatic carbocycles. The number of fused-ring (bicyclic) bond motifs is 1. The summed E-state index contributed by atoms with van der Waals surface area (Å²) < 4.78 is 0. The van der Waals surface area contributed by atoms with Crippen molar-refractivity contribution in [1.29, 1.82) is 0 Å². The van der Waals surface area contributed by atoms with Crippen molar-refractivity contribution >= 4 is 11.9 Å². The van der Waals surface area contributed by atoms with Crippen molar-refractivity contribution in [3.05, 3.63) is 35.4 Å². The number of hydrogen-bond acceptors (Lipinski definition) is 3. The molecule has 0 aromatic heterocycles. The van der Waals surface area contributed by atoms with Gasteiger partial charge >= 0.3 is 5.97 Å². The van der Waals surface area contributed by atoms with Gasteiger partial charge in [0.05, 0.1) is 12.0 Å². The van der Waals surface area contributed by atoms with Crippen LogP contribution in [0.15, 0.2) is 24.3 Å². The molecule has 0 spiro atoms. The molecular formula is C15H19NO4. The first-order chi connectivity index (χ1) is 9.50. The van der Waals surface area contributed by atoms with Crippen molar-refractivity contribution in [3.63, 3.8) is 0 Å². The summed E-state index contributed by atoms with van der Waals surface area (Å²) in [4.78, 5) is 23.3. The van der Waals surface area contributed by atoms with Crippen LogP contribution in [0, 0.1) is 0 Å². The normalized spacial score (nSPS) is 20.6. The minimum atomic E-state index is -1.27. The number of aryl methyl sites for hydroxylation is 1. The predicted molar refractivity (Wildman–Crippen MR) is 73.4 cm³/mol. The lowest BCUT2D eigenvalue weighted by Gasteiger charge is -2.26. The maximum Gasteiger partial charge on any atom is 0.328 e. The van der Waals surface area contributed by atoms with Crippen LogP contribution in [-0.2, 0) is 16.0 Å². The molecule has 3 N–H and O–H groups in total. The zero-order chi connectivity index (χ0) is 14.7. The summed E-state index contributed by atoms with van der Waals surface area (Å²) in [5, 5.41) is 20.9. The molecule has 5 heteroatoms. The van der Waals surface area contributed by atoms with Crippen LogP contribution < -0.4 is 5.32 Å². The van der Waals surface area contributed by atoms with Crippen LogP contribution in [0.3, 0.4) is 0 Å². The van der Waals surface area contributed by atoms with Gasteiger partial charge in [-0.25, -0.2) is 4.79 Å². The highest BCUT2D eigenvalue weighted by molar-refractivity contribution is 5.88. The lowest BCUT2D eigenvalue weighted by atomic mass is 9.82. The van der Waals surface area contributed by atoms with Crippen LogP contribution in [0.4, 0.5) is 0 Å². The molecule has 0 aliphatic heterocycles. The first kappa shape index (κ1) is 14.5. The number of carbonyl (C=O) groups excluding carboxylic acids is 1. The number of aliphatic hydroxyl groups excluding tert-OH is 1. The average molecular weight is 277 g/mol. The number of rotatable bonds is 4. The quantitative estimate of drug-likeness (QED) is 0.768. The summed E-state index contributed by atoms with van der Waals surface area (Å²) in [5.74, 6) is -1.89. The van der Waals surface area contributed by atoms with E-state index in [1.807, 2.05) is 24.3 Å². The Labute approximate surface area is 117 Å². The summed E-state index contributed by atoms with van der Waals surface area (Å²) in [6.07, 6.45) is 1.42. The van der Waals surface area contributed by atoms with E-state index >= 15 is 0 Å². The number of carboxylic acid groups (broad SMARTS) is 1. The van der Waals surface area contributed by atoms with Crippen molar-refractivity contribution in [2.75, 3.05) is 0 Å². The van der Waals surface area contributed by atoms with E-state index in [0.717, 1.165) is 24.0 Å². The largest absolute Gasteiger partial charge is 0.480 e. The zero-order valence-electron chi connectivity index (χ0n) is 11.4. The van der Waals surface area contributed by atoms with Crippen LogP contribution in [-0.4, -0.2) is 34.2 Å². The van der Waals surface area contributed by atoms with Gasteiger partial charge in [0, 0.05) is 0 Å². The van der Waals surface area contributed by atoms with Gasteiger partial charge in [-0.2, -0.15) is 0 Å². The van der Waals surface area contributed by atoms with Gasteiger partial charge in [-0.05, 0) is 37.3 Å².